The Bertz CT molecular complexity index is 381. The van der Waals surface area contributed by atoms with Crippen LogP contribution in [0.15, 0.2) is 4.99 Å². The molecule has 0 fully saturated rings. The van der Waals surface area contributed by atoms with Gasteiger partial charge in [-0.25, -0.2) is 4.79 Å². The fourth-order valence-corrected chi connectivity index (χ4v) is 2.11. The van der Waals surface area contributed by atoms with E-state index in [1.807, 2.05) is 27.7 Å². The van der Waals surface area contributed by atoms with Gasteiger partial charge in [0.15, 0.2) is 5.96 Å². The molecule has 0 radical (unpaired) electrons. The number of rotatable bonds is 11. The summed E-state index contributed by atoms with van der Waals surface area (Å²) in [4.78, 5) is 16.4. The Morgan fingerprint density at radius 3 is 2.44 bits per heavy atom. The number of ether oxygens (including phenoxy) is 2. The van der Waals surface area contributed by atoms with Gasteiger partial charge in [0, 0.05) is 39.4 Å². The van der Waals surface area contributed by atoms with Crippen LogP contribution in [0.4, 0.5) is 4.79 Å². The number of nitrogens with zero attached hydrogens (tertiary/aromatic N) is 1. The second kappa shape index (κ2) is 13.8. The van der Waals surface area contributed by atoms with Gasteiger partial charge in [0.25, 0.3) is 0 Å². The van der Waals surface area contributed by atoms with Crippen LogP contribution in [0.5, 0.6) is 0 Å². The quantitative estimate of drug-likeness (QED) is 0.300. The molecule has 25 heavy (non-hydrogen) atoms. The van der Waals surface area contributed by atoms with E-state index in [-0.39, 0.29) is 6.04 Å². The third-order valence-electron chi connectivity index (χ3n) is 3.26. The average Bonchev–Trinajstić information content (AvgIpc) is 2.52. The summed E-state index contributed by atoms with van der Waals surface area (Å²) in [7, 11) is 1.69. The van der Waals surface area contributed by atoms with Crippen molar-refractivity contribution < 1.29 is 14.3 Å². The molecule has 0 bridgehead atoms. The normalized spacial score (nSPS) is 13.3. The van der Waals surface area contributed by atoms with Gasteiger partial charge in [0.2, 0.25) is 0 Å². The van der Waals surface area contributed by atoms with Gasteiger partial charge in [-0.15, -0.1) is 0 Å². The van der Waals surface area contributed by atoms with Crippen molar-refractivity contribution in [2.24, 2.45) is 4.99 Å². The zero-order valence-electron chi connectivity index (χ0n) is 16.9. The van der Waals surface area contributed by atoms with Crippen LogP contribution >= 0.6 is 0 Å². The fraction of sp³-hybridized carbons (Fsp3) is 0.889. The van der Waals surface area contributed by atoms with Crippen molar-refractivity contribution >= 4 is 12.1 Å². The number of amides is 1. The summed E-state index contributed by atoms with van der Waals surface area (Å²) < 4.78 is 10.4. The van der Waals surface area contributed by atoms with E-state index in [2.05, 4.69) is 27.9 Å². The molecule has 0 heterocycles. The Hall–Kier alpha value is -1.50. The summed E-state index contributed by atoms with van der Waals surface area (Å²) >= 11 is 0. The number of carbonyl (C=O) groups is 1. The molecule has 0 aliphatic carbocycles. The van der Waals surface area contributed by atoms with Crippen LogP contribution in [-0.2, 0) is 9.47 Å². The summed E-state index contributed by atoms with van der Waals surface area (Å²) in [6.45, 7) is 12.4. The standard InChI is InChI=1S/C18H38N4O3/c1-7-9-11-15(14-21-17(23)25-18(3,4)5)22-16(19-8-2)20-12-10-13-24-6/h15H,7-14H2,1-6H3,(H,21,23)(H2,19,20,22). The minimum Gasteiger partial charge on any atom is -0.444 e. The van der Waals surface area contributed by atoms with Crippen LogP contribution in [-0.4, -0.2) is 57.0 Å². The fourth-order valence-electron chi connectivity index (χ4n) is 2.11. The molecule has 0 saturated heterocycles. The maximum absolute atomic E-state index is 11.9. The smallest absolute Gasteiger partial charge is 0.407 e. The van der Waals surface area contributed by atoms with E-state index in [1.165, 1.54) is 0 Å². The predicted molar refractivity (Wildman–Crippen MR) is 103 cm³/mol. The van der Waals surface area contributed by atoms with Crippen molar-refractivity contribution in [2.75, 3.05) is 33.4 Å². The van der Waals surface area contributed by atoms with E-state index in [1.54, 1.807) is 7.11 Å². The van der Waals surface area contributed by atoms with Crippen LogP contribution in [0.3, 0.4) is 0 Å². The van der Waals surface area contributed by atoms with Crippen molar-refractivity contribution in [3.63, 3.8) is 0 Å². The van der Waals surface area contributed by atoms with E-state index in [0.717, 1.165) is 38.2 Å². The summed E-state index contributed by atoms with van der Waals surface area (Å²) in [5, 5.41) is 9.50. The Kier molecular flexibility index (Phi) is 12.9. The van der Waals surface area contributed by atoms with Crippen molar-refractivity contribution in [1.29, 1.82) is 0 Å². The molecule has 0 rings (SSSR count). The van der Waals surface area contributed by atoms with Crippen LogP contribution in [0, 0.1) is 0 Å². The molecule has 0 aromatic heterocycles. The monoisotopic (exact) mass is 358 g/mol. The number of nitrogens with one attached hydrogen (secondary N) is 3. The van der Waals surface area contributed by atoms with E-state index in [0.29, 0.717) is 19.7 Å². The highest BCUT2D eigenvalue weighted by atomic mass is 16.6. The largest absolute Gasteiger partial charge is 0.444 e. The molecular weight excluding hydrogens is 320 g/mol. The minimum atomic E-state index is -0.492. The number of hydrogen-bond acceptors (Lipinski definition) is 4. The van der Waals surface area contributed by atoms with Crippen LogP contribution < -0.4 is 16.0 Å². The summed E-state index contributed by atoms with van der Waals surface area (Å²) in [6, 6.07) is 0.104. The summed E-state index contributed by atoms with van der Waals surface area (Å²) in [5.74, 6) is 0.769. The SMILES string of the molecule is CCCCC(CNC(=O)OC(C)(C)C)NC(=NCCCOC)NCC. The Morgan fingerprint density at radius 1 is 1.16 bits per heavy atom. The van der Waals surface area contributed by atoms with Gasteiger partial charge >= 0.3 is 6.09 Å². The molecule has 0 aromatic carbocycles. The van der Waals surface area contributed by atoms with Crippen LogP contribution in [0.25, 0.3) is 0 Å². The number of carbonyl (C=O) groups excluding carboxylic acids is 1. The lowest BCUT2D eigenvalue weighted by Crippen LogP contribution is -2.49. The molecule has 0 aromatic rings. The van der Waals surface area contributed by atoms with Crippen molar-refractivity contribution in [3.05, 3.63) is 0 Å². The first kappa shape index (κ1) is 23.5. The van der Waals surface area contributed by atoms with Gasteiger partial charge in [0.1, 0.15) is 5.60 Å². The Labute approximate surface area is 153 Å². The highest BCUT2D eigenvalue weighted by Crippen LogP contribution is 2.07. The number of hydrogen-bond donors (Lipinski definition) is 3. The number of guanidine groups is 1. The topological polar surface area (TPSA) is 84.0 Å². The molecule has 148 valence electrons. The molecular formula is C18H38N4O3. The number of alkyl carbamates (subject to hydrolysis) is 1. The zero-order valence-corrected chi connectivity index (χ0v) is 16.9. The molecule has 0 aliphatic rings. The first-order valence-corrected chi connectivity index (χ1v) is 9.33. The minimum absolute atomic E-state index is 0.104. The highest BCUT2D eigenvalue weighted by Gasteiger charge is 2.18. The molecule has 1 amide bonds. The average molecular weight is 359 g/mol. The number of methoxy groups -OCH3 is 1. The van der Waals surface area contributed by atoms with E-state index in [9.17, 15) is 4.79 Å². The lowest BCUT2D eigenvalue weighted by Gasteiger charge is -2.24. The molecule has 1 atom stereocenters. The van der Waals surface area contributed by atoms with Gasteiger partial charge in [-0.05, 0) is 40.5 Å². The first-order chi connectivity index (χ1) is 11.8. The van der Waals surface area contributed by atoms with Gasteiger partial charge in [-0.3, -0.25) is 4.99 Å². The molecule has 0 spiro atoms. The third-order valence-corrected chi connectivity index (χ3v) is 3.26. The van der Waals surface area contributed by atoms with E-state index >= 15 is 0 Å². The number of aliphatic imine (C=N–C) groups is 1. The Balaban J connectivity index is 4.61. The lowest BCUT2D eigenvalue weighted by molar-refractivity contribution is 0.0522. The van der Waals surface area contributed by atoms with E-state index < -0.39 is 11.7 Å². The molecule has 7 heteroatoms. The third kappa shape index (κ3) is 14.5. The zero-order chi connectivity index (χ0) is 19.1. The first-order valence-electron chi connectivity index (χ1n) is 9.33. The molecule has 7 nitrogen and oxygen atoms in total. The van der Waals surface area contributed by atoms with Crippen molar-refractivity contribution in [1.82, 2.24) is 16.0 Å². The Morgan fingerprint density at radius 2 is 1.88 bits per heavy atom. The van der Waals surface area contributed by atoms with Gasteiger partial charge in [0.05, 0.1) is 0 Å². The van der Waals surface area contributed by atoms with Crippen LogP contribution in [0.1, 0.15) is 60.3 Å². The highest BCUT2D eigenvalue weighted by molar-refractivity contribution is 5.80. The van der Waals surface area contributed by atoms with Gasteiger partial charge in [-0.1, -0.05) is 19.8 Å². The van der Waals surface area contributed by atoms with E-state index in [4.69, 9.17) is 9.47 Å². The van der Waals surface area contributed by atoms with Crippen LogP contribution in [0.2, 0.25) is 0 Å². The second-order valence-electron chi connectivity index (χ2n) is 6.97. The number of unbranched alkanes of at least 4 members (excludes halogenated alkanes) is 1. The molecule has 0 saturated carbocycles. The van der Waals surface area contributed by atoms with Gasteiger partial charge in [-0.2, -0.15) is 0 Å². The van der Waals surface area contributed by atoms with Gasteiger partial charge < -0.3 is 25.4 Å². The second-order valence-corrected chi connectivity index (χ2v) is 6.97. The maximum Gasteiger partial charge on any atom is 0.407 e. The maximum atomic E-state index is 11.9. The summed E-state index contributed by atoms with van der Waals surface area (Å²) in [5.41, 5.74) is -0.492. The van der Waals surface area contributed by atoms with Crippen molar-refractivity contribution in [3.8, 4) is 0 Å². The molecule has 3 N–H and O–H groups in total. The lowest BCUT2D eigenvalue weighted by atomic mass is 10.1. The van der Waals surface area contributed by atoms with Crippen molar-refractivity contribution in [2.45, 2.75) is 71.9 Å². The molecule has 1 unspecified atom stereocenters. The summed E-state index contributed by atoms with van der Waals surface area (Å²) in [6.07, 6.45) is 3.62. The predicted octanol–water partition coefficient (Wildman–Crippen LogP) is 2.66. The molecule has 0 aliphatic heterocycles.